The fourth-order valence-corrected chi connectivity index (χ4v) is 2.86. The van der Waals surface area contributed by atoms with Gasteiger partial charge in [-0.3, -0.25) is 9.59 Å². The topological polar surface area (TPSA) is 103 Å². The Bertz CT molecular complexity index is 1160. The molecular formula is C21H17N5O3. The lowest BCUT2D eigenvalue weighted by molar-refractivity contribution is 0.101. The minimum Gasteiger partial charge on any atom is -0.443 e. The maximum Gasteiger partial charge on any atom is 0.279 e. The lowest BCUT2D eigenvalue weighted by atomic mass is 10.1. The number of anilines is 1. The van der Waals surface area contributed by atoms with Crippen LogP contribution in [0.3, 0.4) is 0 Å². The summed E-state index contributed by atoms with van der Waals surface area (Å²) in [7, 11) is 0. The first kappa shape index (κ1) is 18.3. The molecule has 0 saturated heterocycles. The van der Waals surface area contributed by atoms with E-state index in [-0.39, 0.29) is 11.5 Å². The van der Waals surface area contributed by atoms with E-state index in [1.165, 1.54) is 24.3 Å². The van der Waals surface area contributed by atoms with Gasteiger partial charge in [-0.15, -0.1) is 5.10 Å². The zero-order chi connectivity index (χ0) is 20.2. The molecule has 0 radical (unpaired) electrons. The highest BCUT2D eigenvalue weighted by Gasteiger charge is 2.19. The molecule has 0 fully saturated rings. The Labute approximate surface area is 166 Å². The average molecular weight is 387 g/mol. The third kappa shape index (κ3) is 4.11. The number of hydrogen-bond donors (Lipinski definition) is 1. The Balaban J connectivity index is 1.48. The predicted molar refractivity (Wildman–Crippen MR) is 105 cm³/mol. The van der Waals surface area contributed by atoms with Crippen molar-refractivity contribution in [2.75, 3.05) is 5.32 Å². The Morgan fingerprint density at radius 2 is 1.93 bits per heavy atom. The number of aromatic nitrogens is 4. The fraction of sp³-hybridized carbons (Fsp3) is 0.0952. The summed E-state index contributed by atoms with van der Waals surface area (Å²) in [5, 5.41) is 11.1. The number of rotatable bonds is 6. The molecule has 29 heavy (non-hydrogen) atoms. The first-order valence-corrected chi connectivity index (χ1v) is 8.90. The van der Waals surface area contributed by atoms with Gasteiger partial charge in [0.2, 0.25) is 0 Å². The first-order valence-electron chi connectivity index (χ1n) is 8.90. The number of benzene rings is 2. The van der Waals surface area contributed by atoms with E-state index in [1.54, 1.807) is 12.1 Å². The van der Waals surface area contributed by atoms with Gasteiger partial charge in [0.1, 0.15) is 0 Å². The van der Waals surface area contributed by atoms with Gasteiger partial charge in [0, 0.05) is 11.1 Å². The van der Waals surface area contributed by atoms with Gasteiger partial charge < -0.3 is 9.73 Å². The molecule has 8 heteroatoms. The highest BCUT2D eigenvalue weighted by atomic mass is 16.3. The van der Waals surface area contributed by atoms with E-state index in [1.807, 2.05) is 42.5 Å². The summed E-state index contributed by atoms with van der Waals surface area (Å²) in [6.07, 6.45) is 2.69. The molecule has 0 spiro atoms. The van der Waals surface area contributed by atoms with E-state index in [2.05, 4.69) is 20.5 Å². The minimum absolute atomic E-state index is 0.00457. The molecule has 0 aliphatic rings. The van der Waals surface area contributed by atoms with Gasteiger partial charge in [-0.25, -0.2) is 4.98 Å². The molecule has 1 amide bonds. The molecule has 0 atom stereocenters. The van der Waals surface area contributed by atoms with Crippen LogP contribution < -0.4 is 5.32 Å². The van der Waals surface area contributed by atoms with Crippen molar-refractivity contribution in [2.24, 2.45) is 0 Å². The third-order valence-corrected chi connectivity index (χ3v) is 4.25. The highest BCUT2D eigenvalue weighted by Crippen LogP contribution is 2.23. The van der Waals surface area contributed by atoms with E-state index in [9.17, 15) is 9.59 Å². The maximum atomic E-state index is 12.6. The lowest BCUT2D eigenvalue weighted by Gasteiger charge is -2.03. The summed E-state index contributed by atoms with van der Waals surface area (Å²) in [4.78, 5) is 29.6. The summed E-state index contributed by atoms with van der Waals surface area (Å²) in [5.74, 6) is 0.231. The third-order valence-electron chi connectivity index (χ3n) is 4.25. The van der Waals surface area contributed by atoms with Crippen LogP contribution in [-0.2, 0) is 6.54 Å². The Morgan fingerprint density at radius 3 is 2.72 bits per heavy atom. The van der Waals surface area contributed by atoms with Gasteiger partial charge in [-0.2, -0.15) is 9.90 Å². The second kappa shape index (κ2) is 7.89. The quantitative estimate of drug-likeness (QED) is 0.509. The maximum absolute atomic E-state index is 12.6. The van der Waals surface area contributed by atoms with Gasteiger partial charge in [0.05, 0.1) is 12.7 Å². The van der Waals surface area contributed by atoms with Crippen LogP contribution in [0.25, 0.3) is 11.3 Å². The van der Waals surface area contributed by atoms with Gasteiger partial charge in [0.15, 0.2) is 29.4 Å². The van der Waals surface area contributed by atoms with Crippen molar-refractivity contribution >= 4 is 17.5 Å². The molecular weight excluding hydrogens is 370 g/mol. The largest absolute Gasteiger partial charge is 0.443 e. The molecule has 4 aromatic rings. The minimum atomic E-state index is -0.441. The average Bonchev–Trinajstić information content (AvgIpc) is 3.38. The van der Waals surface area contributed by atoms with E-state index in [4.69, 9.17) is 4.42 Å². The summed E-state index contributed by atoms with van der Waals surface area (Å²) < 4.78 is 5.38. The van der Waals surface area contributed by atoms with Crippen molar-refractivity contribution in [3.8, 4) is 11.3 Å². The van der Waals surface area contributed by atoms with Crippen LogP contribution in [0.15, 0.2) is 71.6 Å². The number of oxazole rings is 1. The number of hydrogen-bond acceptors (Lipinski definition) is 6. The van der Waals surface area contributed by atoms with Crippen LogP contribution in [0.1, 0.15) is 33.3 Å². The fourth-order valence-electron chi connectivity index (χ4n) is 2.86. The van der Waals surface area contributed by atoms with E-state index in [0.29, 0.717) is 23.7 Å². The van der Waals surface area contributed by atoms with Crippen LogP contribution in [0.5, 0.6) is 0 Å². The molecule has 8 nitrogen and oxygen atoms in total. The highest BCUT2D eigenvalue weighted by molar-refractivity contribution is 6.05. The molecule has 2 aromatic heterocycles. The summed E-state index contributed by atoms with van der Waals surface area (Å²) in [6.45, 7) is 1.89. The Kier molecular flexibility index (Phi) is 4.98. The van der Waals surface area contributed by atoms with Gasteiger partial charge in [-0.1, -0.05) is 48.5 Å². The number of carbonyl (C=O) groups excluding carboxylic acids is 2. The second-order valence-electron chi connectivity index (χ2n) is 6.37. The second-order valence-corrected chi connectivity index (χ2v) is 6.37. The number of nitrogens with one attached hydrogen (secondary N) is 1. The molecule has 0 unspecified atom stereocenters. The molecule has 0 saturated carbocycles. The molecule has 1 N–H and O–H groups in total. The van der Waals surface area contributed by atoms with Crippen LogP contribution >= 0.6 is 0 Å². The van der Waals surface area contributed by atoms with Crippen molar-refractivity contribution in [2.45, 2.75) is 13.5 Å². The summed E-state index contributed by atoms with van der Waals surface area (Å²) in [6, 6.07) is 16.5. The standard InChI is InChI=1S/C21H17N5O3/c1-14(27)17-9-5-6-15(10-17)12-26-23-11-18(25-26)24-21(28)19-20(29-13-22-19)16-7-3-2-4-8-16/h2-11,13H,12H2,1H3,(H,24,25,28). The number of carbonyl (C=O) groups is 2. The molecule has 2 heterocycles. The molecule has 144 valence electrons. The molecule has 4 rings (SSSR count). The number of ketones is 1. The molecule has 0 aliphatic heterocycles. The number of Topliss-reactive ketones (excluding diaryl/α,β-unsaturated/α-hetero) is 1. The Morgan fingerprint density at radius 1 is 1.10 bits per heavy atom. The van der Waals surface area contributed by atoms with Crippen LogP contribution in [0.4, 0.5) is 5.82 Å². The normalized spacial score (nSPS) is 10.7. The zero-order valence-corrected chi connectivity index (χ0v) is 15.6. The predicted octanol–water partition coefficient (Wildman–Crippen LogP) is 3.44. The van der Waals surface area contributed by atoms with Gasteiger partial charge in [0.25, 0.3) is 5.91 Å². The summed E-state index contributed by atoms with van der Waals surface area (Å²) >= 11 is 0. The van der Waals surface area contributed by atoms with E-state index in [0.717, 1.165) is 11.1 Å². The van der Waals surface area contributed by atoms with Crippen LogP contribution in [0, 0.1) is 0 Å². The molecule has 0 aliphatic carbocycles. The first-order chi connectivity index (χ1) is 14.1. The SMILES string of the molecule is CC(=O)c1cccc(Cn2ncc(NC(=O)c3ncoc3-c3ccccc3)n2)c1. The smallest absolute Gasteiger partial charge is 0.279 e. The van der Waals surface area contributed by atoms with Crippen LogP contribution in [-0.4, -0.2) is 31.7 Å². The molecule has 0 bridgehead atoms. The lowest BCUT2D eigenvalue weighted by Crippen LogP contribution is -2.14. The molecule has 2 aromatic carbocycles. The zero-order valence-electron chi connectivity index (χ0n) is 15.6. The van der Waals surface area contributed by atoms with E-state index >= 15 is 0 Å². The monoisotopic (exact) mass is 387 g/mol. The van der Waals surface area contributed by atoms with Crippen molar-refractivity contribution in [3.63, 3.8) is 0 Å². The van der Waals surface area contributed by atoms with Gasteiger partial charge >= 0.3 is 0 Å². The van der Waals surface area contributed by atoms with Crippen molar-refractivity contribution < 1.29 is 14.0 Å². The van der Waals surface area contributed by atoms with E-state index < -0.39 is 5.91 Å². The van der Waals surface area contributed by atoms with Crippen LogP contribution in [0.2, 0.25) is 0 Å². The van der Waals surface area contributed by atoms with Crippen molar-refractivity contribution in [3.05, 3.63) is 84.0 Å². The Hall–Kier alpha value is -4.07. The number of amides is 1. The summed E-state index contributed by atoms with van der Waals surface area (Å²) in [5.41, 5.74) is 2.43. The number of nitrogens with zero attached hydrogens (tertiary/aromatic N) is 4. The van der Waals surface area contributed by atoms with Crippen molar-refractivity contribution in [1.29, 1.82) is 0 Å². The van der Waals surface area contributed by atoms with Gasteiger partial charge in [-0.05, 0) is 18.6 Å². The van der Waals surface area contributed by atoms with Crippen molar-refractivity contribution in [1.82, 2.24) is 20.0 Å².